The number of carbonyl (C=O) groups excluding carboxylic acids is 1. The predicted octanol–water partition coefficient (Wildman–Crippen LogP) is 1.96. The van der Waals surface area contributed by atoms with Crippen LogP contribution < -0.4 is 10.6 Å². The monoisotopic (exact) mass is 400 g/mol. The zero-order valence-electron chi connectivity index (χ0n) is 16.2. The standard InChI is InChI=1S/C21H20N8O/c22-19-18(20-25-14-5-1-2-6-15(14)26-20)27-17(13-24-19)28-9-11-29(12-10-28)21(30)16-7-3-4-8-23-16/h1-8,13H,9-12H2,(H2,22,24)(H,25,26). The first-order valence-corrected chi connectivity index (χ1v) is 9.72. The van der Waals surface area contributed by atoms with E-state index in [1.165, 1.54) is 0 Å². The van der Waals surface area contributed by atoms with Gasteiger partial charge in [0, 0.05) is 32.4 Å². The van der Waals surface area contributed by atoms with Crippen molar-refractivity contribution in [3.05, 3.63) is 60.6 Å². The van der Waals surface area contributed by atoms with Gasteiger partial charge in [-0.3, -0.25) is 9.78 Å². The third kappa shape index (κ3) is 3.30. The molecule has 1 amide bonds. The van der Waals surface area contributed by atoms with Gasteiger partial charge >= 0.3 is 0 Å². The number of imidazole rings is 1. The highest BCUT2D eigenvalue weighted by Crippen LogP contribution is 2.25. The summed E-state index contributed by atoms with van der Waals surface area (Å²) in [5.41, 5.74) is 8.84. The van der Waals surface area contributed by atoms with Crippen molar-refractivity contribution in [3.63, 3.8) is 0 Å². The number of anilines is 2. The smallest absolute Gasteiger partial charge is 0.272 e. The van der Waals surface area contributed by atoms with Crippen LogP contribution in [0.2, 0.25) is 0 Å². The number of hydrogen-bond acceptors (Lipinski definition) is 7. The third-order valence-corrected chi connectivity index (χ3v) is 5.18. The van der Waals surface area contributed by atoms with Crippen molar-refractivity contribution in [1.82, 2.24) is 29.8 Å². The van der Waals surface area contributed by atoms with Gasteiger partial charge in [-0.15, -0.1) is 0 Å². The van der Waals surface area contributed by atoms with E-state index in [0.717, 1.165) is 11.0 Å². The molecule has 3 aromatic heterocycles. The summed E-state index contributed by atoms with van der Waals surface area (Å²) in [4.78, 5) is 37.5. The summed E-state index contributed by atoms with van der Waals surface area (Å²) in [5, 5.41) is 0. The molecule has 0 spiro atoms. The molecule has 1 aliphatic rings. The Morgan fingerprint density at radius 2 is 1.77 bits per heavy atom. The van der Waals surface area contributed by atoms with E-state index in [4.69, 9.17) is 10.7 Å². The average Bonchev–Trinajstić information content (AvgIpc) is 3.24. The first-order chi connectivity index (χ1) is 14.7. The number of hydrogen-bond donors (Lipinski definition) is 2. The number of piperazine rings is 1. The van der Waals surface area contributed by atoms with Crippen molar-refractivity contribution >= 4 is 28.6 Å². The summed E-state index contributed by atoms with van der Waals surface area (Å²) in [5.74, 6) is 1.57. The number of nitrogen functional groups attached to an aromatic ring is 1. The number of nitrogens with zero attached hydrogens (tertiary/aromatic N) is 6. The molecule has 5 rings (SSSR count). The van der Waals surface area contributed by atoms with Crippen molar-refractivity contribution in [3.8, 4) is 11.5 Å². The largest absolute Gasteiger partial charge is 0.382 e. The Bertz CT molecular complexity index is 1170. The maximum atomic E-state index is 12.6. The van der Waals surface area contributed by atoms with Gasteiger partial charge in [0.2, 0.25) is 0 Å². The van der Waals surface area contributed by atoms with Crippen molar-refractivity contribution in [2.75, 3.05) is 36.8 Å². The Morgan fingerprint density at radius 1 is 0.967 bits per heavy atom. The zero-order valence-corrected chi connectivity index (χ0v) is 16.2. The second kappa shape index (κ2) is 7.43. The predicted molar refractivity (Wildman–Crippen MR) is 114 cm³/mol. The summed E-state index contributed by atoms with van der Waals surface area (Å²) < 4.78 is 0. The number of carbonyl (C=O) groups is 1. The highest BCUT2D eigenvalue weighted by molar-refractivity contribution is 5.92. The van der Waals surface area contributed by atoms with Crippen LogP contribution in [0.4, 0.5) is 11.6 Å². The lowest BCUT2D eigenvalue weighted by molar-refractivity contribution is 0.0740. The minimum absolute atomic E-state index is 0.0541. The molecular weight excluding hydrogens is 380 g/mol. The second-order valence-electron chi connectivity index (χ2n) is 7.06. The molecule has 150 valence electrons. The van der Waals surface area contributed by atoms with Crippen molar-refractivity contribution in [2.45, 2.75) is 0 Å². The molecule has 4 heterocycles. The van der Waals surface area contributed by atoms with E-state index >= 15 is 0 Å². The quantitative estimate of drug-likeness (QED) is 0.540. The highest BCUT2D eigenvalue weighted by Gasteiger charge is 2.24. The Labute approximate surface area is 172 Å². The SMILES string of the molecule is Nc1ncc(N2CCN(C(=O)c3ccccn3)CC2)nc1-c1nc2ccccc2[nH]1. The van der Waals surface area contributed by atoms with Crippen LogP contribution in [-0.4, -0.2) is 61.9 Å². The molecule has 1 fully saturated rings. The first kappa shape index (κ1) is 18.0. The van der Waals surface area contributed by atoms with E-state index in [-0.39, 0.29) is 5.91 Å². The number of pyridine rings is 1. The van der Waals surface area contributed by atoms with Crippen molar-refractivity contribution in [1.29, 1.82) is 0 Å². The maximum Gasteiger partial charge on any atom is 0.272 e. The van der Waals surface area contributed by atoms with Crippen LogP contribution in [0.1, 0.15) is 10.5 Å². The summed E-state index contributed by atoms with van der Waals surface area (Å²) in [6.07, 6.45) is 3.30. The van der Waals surface area contributed by atoms with Crippen LogP contribution in [0.3, 0.4) is 0 Å². The van der Waals surface area contributed by atoms with Gasteiger partial charge in [-0.05, 0) is 24.3 Å². The molecule has 0 atom stereocenters. The molecule has 0 unspecified atom stereocenters. The molecule has 1 saturated heterocycles. The fourth-order valence-electron chi connectivity index (χ4n) is 3.57. The molecule has 3 N–H and O–H groups in total. The Hall–Kier alpha value is -4.01. The van der Waals surface area contributed by atoms with Crippen LogP contribution in [0, 0.1) is 0 Å². The fourth-order valence-corrected chi connectivity index (χ4v) is 3.57. The van der Waals surface area contributed by atoms with Crippen LogP contribution in [0.15, 0.2) is 54.9 Å². The van der Waals surface area contributed by atoms with Gasteiger partial charge < -0.3 is 20.5 Å². The highest BCUT2D eigenvalue weighted by atomic mass is 16.2. The number of benzene rings is 1. The second-order valence-corrected chi connectivity index (χ2v) is 7.06. The summed E-state index contributed by atoms with van der Waals surface area (Å²) >= 11 is 0. The van der Waals surface area contributed by atoms with Gasteiger partial charge in [0.15, 0.2) is 17.3 Å². The van der Waals surface area contributed by atoms with E-state index < -0.39 is 0 Å². The summed E-state index contributed by atoms with van der Waals surface area (Å²) in [7, 11) is 0. The van der Waals surface area contributed by atoms with Crippen LogP contribution in [0.5, 0.6) is 0 Å². The lowest BCUT2D eigenvalue weighted by Gasteiger charge is -2.35. The number of H-pyrrole nitrogens is 1. The molecular formula is C21H20N8O. The van der Waals surface area contributed by atoms with E-state index in [1.54, 1.807) is 24.5 Å². The molecule has 0 saturated carbocycles. The molecule has 0 radical (unpaired) electrons. The minimum atomic E-state index is -0.0541. The zero-order chi connectivity index (χ0) is 20.5. The van der Waals surface area contributed by atoms with Gasteiger partial charge in [-0.25, -0.2) is 15.0 Å². The number of rotatable bonds is 3. The normalized spacial score (nSPS) is 14.3. The number of nitrogens with one attached hydrogen (secondary N) is 1. The third-order valence-electron chi connectivity index (χ3n) is 5.18. The fraction of sp³-hybridized carbons (Fsp3) is 0.190. The van der Waals surface area contributed by atoms with E-state index in [0.29, 0.717) is 55.0 Å². The Kier molecular flexibility index (Phi) is 4.47. The summed E-state index contributed by atoms with van der Waals surface area (Å²) in [6.45, 7) is 2.47. The van der Waals surface area contributed by atoms with Gasteiger partial charge in [0.05, 0.1) is 17.2 Å². The average molecular weight is 400 g/mol. The summed E-state index contributed by atoms with van der Waals surface area (Å²) in [6, 6.07) is 13.1. The Morgan fingerprint density at radius 3 is 2.53 bits per heavy atom. The topological polar surface area (TPSA) is 117 Å². The van der Waals surface area contributed by atoms with Crippen molar-refractivity contribution < 1.29 is 4.79 Å². The van der Waals surface area contributed by atoms with Crippen molar-refractivity contribution in [2.24, 2.45) is 0 Å². The molecule has 30 heavy (non-hydrogen) atoms. The number of aromatic nitrogens is 5. The van der Waals surface area contributed by atoms with Gasteiger partial charge in [-0.1, -0.05) is 18.2 Å². The van der Waals surface area contributed by atoms with Crippen LogP contribution >= 0.6 is 0 Å². The van der Waals surface area contributed by atoms with Gasteiger partial charge in [-0.2, -0.15) is 0 Å². The van der Waals surface area contributed by atoms with Crippen LogP contribution in [-0.2, 0) is 0 Å². The number of fused-ring (bicyclic) bond motifs is 1. The lowest BCUT2D eigenvalue weighted by Crippen LogP contribution is -2.49. The molecule has 1 aliphatic heterocycles. The van der Waals surface area contributed by atoms with E-state index in [2.05, 4.69) is 24.8 Å². The molecule has 9 heteroatoms. The van der Waals surface area contributed by atoms with E-state index in [1.807, 2.05) is 35.2 Å². The molecule has 0 bridgehead atoms. The molecule has 9 nitrogen and oxygen atoms in total. The molecule has 1 aromatic carbocycles. The number of para-hydroxylation sites is 2. The number of amides is 1. The van der Waals surface area contributed by atoms with Crippen LogP contribution in [0.25, 0.3) is 22.6 Å². The lowest BCUT2D eigenvalue weighted by atomic mass is 10.2. The minimum Gasteiger partial charge on any atom is -0.382 e. The molecule has 4 aromatic rings. The van der Waals surface area contributed by atoms with Gasteiger partial charge in [0.25, 0.3) is 5.91 Å². The number of aromatic amines is 1. The van der Waals surface area contributed by atoms with E-state index in [9.17, 15) is 4.79 Å². The first-order valence-electron chi connectivity index (χ1n) is 9.72. The number of nitrogens with two attached hydrogens (primary N) is 1. The van der Waals surface area contributed by atoms with Gasteiger partial charge in [0.1, 0.15) is 11.5 Å². The Balaban J connectivity index is 1.35. The molecule has 0 aliphatic carbocycles. The maximum absolute atomic E-state index is 12.6.